The number of aryl methyl sites for hydroxylation is 1. The lowest BCUT2D eigenvalue weighted by Gasteiger charge is -2.30. The largest absolute Gasteiger partial charge is 0.381 e. The third-order valence-corrected chi connectivity index (χ3v) is 9.43. The second-order valence-corrected chi connectivity index (χ2v) is 11.9. The highest BCUT2D eigenvalue weighted by molar-refractivity contribution is 7.98. The molecule has 178 valence electrons. The van der Waals surface area contributed by atoms with E-state index >= 15 is 0 Å². The van der Waals surface area contributed by atoms with E-state index in [1.54, 1.807) is 24.3 Å². The highest BCUT2D eigenvalue weighted by atomic mass is 35.5. The molecule has 5 rings (SSSR count). The molecular formula is C23H30ClN4O4S+. The lowest BCUT2D eigenvalue weighted by molar-refractivity contribution is -0.122. The van der Waals surface area contributed by atoms with Gasteiger partial charge in [0.2, 0.25) is 10.8 Å². The van der Waals surface area contributed by atoms with Crippen molar-refractivity contribution in [1.29, 1.82) is 0 Å². The summed E-state index contributed by atoms with van der Waals surface area (Å²) in [4.78, 5) is 15.5. The Hall–Kier alpha value is -1.94. The highest BCUT2D eigenvalue weighted by Crippen LogP contribution is 2.39. The number of amides is 1. The van der Waals surface area contributed by atoms with E-state index in [4.69, 9.17) is 21.4 Å². The average Bonchev–Trinajstić information content (AvgIpc) is 3.35. The van der Waals surface area contributed by atoms with E-state index in [2.05, 4.69) is 5.32 Å². The van der Waals surface area contributed by atoms with Crippen LogP contribution >= 0.6 is 11.6 Å². The first kappa shape index (κ1) is 22.8. The summed E-state index contributed by atoms with van der Waals surface area (Å²) < 4.78 is 32.4. The molecule has 10 heteroatoms. The Bertz CT molecular complexity index is 1080. The van der Waals surface area contributed by atoms with Gasteiger partial charge in [-0.1, -0.05) is 27.9 Å². The first-order valence-corrected chi connectivity index (χ1v) is 13.5. The summed E-state index contributed by atoms with van der Waals surface area (Å²) in [5, 5.41) is 7.47. The van der Waals surface area contributed by atoms with Crippen molar-refractivity contribution in [2.45, 2.75) is 67.3 Å². The van der Waals surface area contributed by atoms with Gasteiger partial charge in [0.25, 0.3) is 10.2 Å². The van der Waals surface area contributed by atoms with Crippen LogP contribution in [0.1, 0.15) is 43.8 Å². The van der Waals surface area contributed by atoms with Crippen LogP contribution in [-0.4, -0.2) is 57.3 Å². The van der Waals surface area contributed by atoms with Gasteiger partial charge in [-0.3, -0.25) is 4.79 Å². The van der Waals surface area contributed by atoms with Crippen molar-refractivity contribution >= 4 is 33.5 Å². The van der Waals surface area contributed by atoms with Gasteiger partial charge in [0.05, 0.1) is 23.3 Å². The Kier molecular flexibility index (Phi) is 6.24. The SMILES string of the molecule is Cc1cc(N2C[C@H]([S+](=O)(O)c3ccccc3Cl)C[C@H]2C(=O)NC2CC2)n(C2CCOCC2)n1. The van der Waals surface area contributed by atoms with Gasteiger partial charge in [-0.2, -0.15) is 9.65 Å². The lowest BCUT2D eigenvalue weighted by Crippen LogP contribution is -2.45. The molecule has 0 spiro atoms. The predicted molar refractivity (Wildman–Crippen MR) is 127 cm³/mol. The maximum atomic E-state index is 13.7. The van der Waals surface area contributed by atoms with Crippen molar-refractivity contribution in [3.8, 4) is 0 Å². The number of anilines is 1. The number of aromatic nitrogens is 2. The molecule has 1 aromatic heterocycles. The number of halogens is 1. The molecule has 1 saturated carbocycles. The monoisotopic (exact) mass is 493 g/mol. The lowest BCUT2D eigenvalue weighted by atomic mass is 10.1. The Morgan fingerprint density at radius 2 is 1.97 bits per heavy atom. The van der Waals surface area contributed by atoms with Crippen LogP contribution in [-0.2, 0) is 24.0 Å². The van der Waals surface area contributed by atoms with Gasteiger partial charge in [0, 0.05) is 31.7 Å². The number of nitrogens with one attached hydrogen (secondary N) is 1. The zero-order valence-electron chi connectivity index (χ0n) is 18.7. The van der Waals surface area contributed by atoms with Crippen molar-refractivity contribution in [1.82, 2.24) is 15.1 Å². The predicted octanol–water partition coefficient (Wildman–Crippen LogP) is 3.45. The molecule has 3 heterocycles. The maximum absolute atomic E-state index is 13.7. The van der Waals surface area contributed by atoms with Gasteiger partial charge < -0.3 is 15.0 Å². The number of benzene rings is 1. The minimum absolute atomic E-state index is 0.0910. The second-order valence-electron chi connectivity index (χ2n) is 9.24. The summed E-state index contributed by atoms with van der Waals surface area (Å²) in [7, 11) is -3.47. The van der Waals surface area contributed by atoms with Crippen LogP contribution in [0.5, 0.6) is 0 Å². The van der Waals surface area contributed by atoms with E-state index in [0.29, 0.717) is 13.2 Å². The first-order valence-electron chi connectivity index (χ1n) is 11.6. The molecule has 1 aromatic carbocycles. The van der Waals surface area contributed by atoms with Crippen molar-refractivity contribution in [3.05, 3.63) is 41.0 Å². The Balaban J connectivity index is 1.49. The molecular weight excluding hydrogens is 464 g/mol. The van der Waals surface area contributed by atoms with Crippen molar-refractivity contribution in [2.75, 3.05) is 24.7 Å². The Morgan fingerprint density at radius 1 is 1.24 bits per heavy atom. The molecule has 33 heavy (non-hydrogen) atoms. The van der Waals surface area contributed by atoms with Crippen molar-refractivity contribution in [2.24, 2.45) is 0 Å². The number of rotatable bonds is 6. The van der Waals surface area contributed by atoms with Gasteiger partial charge in [-0.25, -0.2) is 4.68 Å². The minimum atomic E-state index is -3.47. The van der Waals surface area contributed by atoms with Crippen LogP contribution in [0.3, 0.4) is 0 Å². The van der Waals surface area contributed by atoms with E-state index in [9.17, 15) is 13.6 Å². The molecule has 2 aliphatic heterocycles. The maximum Gasteiger partial charge on any atom is 0.254 e. The van der Waals surface area contributed by atoms with E-state index in [1.165, 1.54) is 0 Å². The third-order valence-electron chi connectivity index (χ3n) is 6.76. The first-order chi connectivity index (χ1) is 15.8. The average molecular weight is 494 g/mol. The van der Waals surface area contributed by atoms with Gasteiger partial charge in [-0.15, -0.1) is 0 Å². The van der Waals surface area contributed by atoms with Gasteiger partial charge in [0.15, 0.2) is 5.25 Å². The molecule has 3 atom stereocenters. The van der Waals surface area contributed by atoms with Crippen molar-refractivity contribution in [3.63, 3.8) is 0 Å². The Labute approximate surface area is 199 Å². The van der Waals surface area contributed by atoms with Gasteiger partial charge >= 0.3 is 0 Å². The molecule has 8 nitrogen and oxygen atoms in total. The normalized spacial score (nSPS) is 25.7. The molecule has 1 aliphatic carbocycles. The standard InChI is InChI=1S/C23H29ClN4O4S/c1-15-12-22(28(26-15)17-8-10-32-11-9-17)27-14-18(13-20(27)23(29)25-16-6-7-16)33(30,31)21-5-3-2-4-19(21)24/h2-5,12,16-18,20H,6-11,13-14H2,1H3,(H-,25,29,30,31)/p+1/t18-,20+/m1/s1. The van der Waals surface area contributed by atoms with Crippen LogP contribution in [0, 0.1) is 6.92 Å². The third kappa shape index (κ3) is 4.56. The molecule has 0 radical (unpaired) electrons. The van der Waals surface area contributed by atoms with Crippen LogP contribution in [0.2, 0.25) is 5.02 Å². The number of nitrogens with zero attached hydrogens (tertiary/aromatic N) is 3. The zero-order valence-corrected chi connectivity index (χ0v) is 20.2. The summed E-state index contributed by atoms with van der Waals surface area (Å²) in [5.74, 6) is 0.735. The molecule has 1 amide bonds. The smallest absolute Gasteiger partial charge is 0.254 e. The van der Waals surface area contributed by atoms with Crippen LogP contribution < -0.4 is 10.2 Å². The molecule has 3 aliphatic rings. The second kappa shape index (κ2) is 9.02. The fourth-order valence-electron chi connectivity index (χ4n) is 4.83. The van der Waals surface area contributed by atoms with Gasteiger partial charge in [-0.05, 0) is 44.7 Å². The molecule has 1 unspecified atom stereocenters. The number of hydrogen-bond donors (Lipinski definition) is 2. The van der Waals surface area contributed by atoms with Crippen molar-refractivity contribution < 1.29 is 18.3 Å². The summed E-state index contributed by atoms with van der Waals surface area (Å²) in [6, 6.07) is 8.50. The van der Waals surface area contributed by atoms with E-state index < -0.39 is 21.5 Å². The molecule has 3 fully saturated rings. The number of ether oxygens (including phenoxy) is 1. The number of carbonyl (C=O) groups excluding carboxylic acids is 1. The number of hydrogen-bond acceptors (Lipinski definition) is 5. The topological polar surface area (TPSA) is 96.7 Å². The van der Waals surface area contributed by atoms with Crippen LogP contribution in [0.15, 0.2) is 35.2 Å². The molecule has 2 saturated heterocycles. The fraction of sp³-hybridized carbons (Fsp3) is 0.565. The summed E-state index contributed by atoms with van der Waals surface area (Å²) in [6.45, 7) is 3.56. The molecule has 2 aromatic rings. The van der Waals surface area contributed by atoms with Crippen LogP contribution in [0.4, 0.5) is 5.82 Å². The Morgan fingerprint density at radius 3 is 2.67 bits per heavy atom. The quantitative estimate of drug-likeness (QED) is 0.598. The summed E-state index contributed by atoms with van der Waals surface area (Å²) in [6.07, 6.45) is 3.94. The fourth-order valence-corrected chi connectivity index (χ4v) is 7.09. The minimum Gasteiger partial charge on any atom is -0.381 e. The number of carbonyl (C=O) groups is 1. The zero-order chi connectivity index (χ0) is 23.2. The van der Waals surface area contributed by atoms with Gasteiger partial charge in [0.1, 0.15) is 11.9 Å². The molecule has 2 N–H and O–H groups in total. The van der Waals surface area contributed by atoms with E-state index in [-0.39, 0.29) is 40.9 Å². The molecule has 0 bridgehead atoms. The summed E-state index contributed by atoms with van der Waals surface area (Å²) in [5.41, 5.74) is 0.858. The summed E-state index contributed by atoms with van der Waals surface area (Å²) >= 11 is 6.29. The van der Waals surface area contributed by atoms with E-state index in [0.717, 1.165) is 37.2 Å². The highest BCUT2D eigenvalue weighted by Gasteiger charge is 2.52. The van der Waals surface area contributed by atoms with E-state index in [1.807, 2.05) is 22.6 Å². The van der Waals surface area contributed by atoms with Crippen LogP contribution in [0.25, 0.3) is 0 Å².